The number of rotatable bonds is 2. The third-order valence-corrected chi connectivity index (χ3v) is 5.44. The molecule has 128 valence electrons. The molecule has 25 heavy (non-hydrogen) atoms. The van der Waals surface area contributed by atoms with Crippen LogP contribution in [0.25, 0.3) is 6.08 Å². The summed E-state index contributed by atoms with van der Waals surface area (Å²) >= 11 is 25.0. The van der Waals surface area contributed by atoms with Crippen LogP contribution < -0.4 is 5.32 Å². The molecule has 4 nitrogen and oxygen atoms in total. The zero-order valence-corrected chi connectivity index (χ0v) is 16.0. The summed E-state index contributed by atoms with van der Waals surface area (Å²) in [6.07, 6.45) is 1.60. The van der Waals surface area contributed by atoms with E-state index in [1.165, 1.54) is 12.1 Å². The molecule has 9 heteroatoms. The van der Waals surface area contributed by atoms with Crippen LogP contribution in [0.3, 0.4) is 0 Å². The van der Waals surface area contributed by atoms with E-state index in [4.69, 9.17) is 46.4 Å². The molecular weight excluding hydrogens is 426 g/mol. The second kappa shape index (κ2) is 7.48. The van der Waals surface area contributed by atoms with Gasteiger partial charge in [0.15, 0.2) is 10.9 Å². The van der Waals surface area contributed by atoms with Crippen LogP contribution in [0.4, 0.5) is 5.69 Å². The van der Waals surface area contributed by atoms with E-state index in [1.807, 2.05) is 0 Å². The number of thioether (sulfide) groups is 1. The number of hydrogen-bond donors (Lipinski definition) is 2. The summed E-state index contributed by atoms with van der Waals surface area (Å²) < 4.78 is 0. The molecule has 0 atom stereocenters. The number of nitrogens with one attached hydrogen (secondary N) is 1. The van der Waals surface area contributed by atoms with Gasteiger partial charge in [0.1, 0.15) is 0 Å². The van der Waals surface area contributed by atoms with Gasteiger partial charge in [0.25, 0.3) is 5.91 Å². The van der Waals surface area contributed by atoms with Crippen molar-refractivity contribution in [3.05, 3.63) is 60.9 Å². The number of aliphatic imine (C=N–C) groups is 1. The number of carbonyl (C=O) groups is 1. The van der Waals surface area contributed by atoms with Gasteiger partial charge >= 0.3 is 0 Å². The highest BCUT2D eigenvalue weighted by molar-refractivity contribution is 8.18. The minimum atomic E-state index is -0.317. The van der Waals surface area contributed by atoms with Gasteiger partial charge in [0.2, 0.25) is 0 Å². The molecular formula is C16H8Cl4N2O2S. The van der Waals surface area contributed by atoms with Crippen LogP contribution in [0.5, 0.6) is 5.75 Å². The molecule has 0 unspecified atom stereocenters. The number of amides is 1. The zero-order chi connectivity index (χ0) is 18.1. The second-order valence-electron chi connectivity index (χ2n) is 4.89. The molecule has 1 aliphatic heterocycles. The molecule has 2 aromatic carbocycles. The van der Waals surface area contributed by atoms with Gasteiger partial charge in [0, 0.05) is 0 Å². The lowest BCUT2D eigenvalue weighted by Crippen LogP contribution is -2.19. The lowest BCUT2D eigenvalue weighted by molar-refractivity contribution is -0.115. The molecule has 1 fully saturated rings. The average molecular weight is 434 g/mol. The Morgan fingerprint density at radius 3 is 2.44 bits per heavy atom. The summed E-state index contributed by atoms with van der Waals surface area (Å²) in [6.45, 7) is 0. The number of hydrogen-bond acceptors (Lipinski definition) is 4. The Hall–Kier alpha value is -1.37. The van der Waals surface area contributed by atoms with Crippen molar-refractivity contribution in [2.45, 2.75) is 0 Å². The van der Waals surface area contributed by atoms with Crippen molar-refractivity contribution in [3.63, 3.8) is 0 Å². The van der Waals surface area contributed by atoms with Crippen LogP contribution in [0, 0.1) is 0 Å². The highest BCUT2D eigenvalue weighted by atomic mass is 35.5. The Labute approximate surface area is 167 Å². The lowest BCUT2D eigenvalue weighted by atomic mass is 10.2. The van der Waals surface area contributed by atoms with Gasteiger partial charge in [-0.2, -0.15) is 0 Å². The molecule has 2 N–H and O–H groups in total. The molecule has 0 aliphatic carbocycles. The molecule has 1 amide bonds. The van der Waals surface area contributed by atoms with Crippen molar-refractivity contribution in [3.8, 4) is 5.75 Å². The Kier molecular flexibility index (Phi) is 5.51. The van der Waals surface area contributed by atoms with E-state index in [0.29, 0.717) is 31.4 Å². The Morgan fingerprint density at radius 1 is 1.08 bits per heavy atom. The largest absolute Gasteiger partial charge is 0.505 e. The summed E-state index contributed by atoms with van der Waals surface area (Å²) in [4.78, 5) is 16.8. The number of phenolic OH excluding ortho intramolecular Hbond substituents is 1. The molecule has 2 aromatic rings. The van der Waals surface area contributed by atoms with Crippen molar-refractivity contribution in [2.24, 2.45) is 4.99 Å². The normalized spacial score (nSPS) is 17.4. The summed E-state index contributed by atoms with van der Waals surface area (Å²) in [5.41, 5.74) is 1.03. The van der Waals surface area contributed by atoms with Crippen LogP contribution in [-0.2, 0) is 4.79 Å². The third-order valence-electron chi connectivity index (χ3n) is 3.14. The number of carbonyl (C=O) groups excluding carboxylic acids is 1. The predicted octanol–water partition coefficient (Wildman–Crippen LogP) is 5.90. The fourth-order valence-electron chi connectivity index (χ4n) is 1.99. The molecule has 0 saturated carbocycles. The monoisotopic (exact) mass is 432 g/mol. The smallest absolute Gasteiger partial charge is 0.264 e. The van der Waals surface area contributed by atoms with Crippen molar-refractivity contribution >= 4 is 81.0 Å². The third kappa shape index (κ3) is 4.07. The van der Waals surface area contributed by atoms with E-state index >= 15 is 0 Å². The Morgan fingerprint density at radius 2 is 1.76 bits per heavy atom. The minimum absolute atomic E-state index is 0.0994. The molecule has 1 aliphatic rings. The number of phenols is 1. The average Bonchev–Trinajstić information content (AvgIpc) is 2.89. The van der Waals surface area contributed by atoms with Gasteiger partial charge in [0.05, 0.1) is 30.7 Å². The van der Waals surface area contributed by atoms with Gasteiger partial charge in [-0.15, -0.1) is 0 Å². The number of halogens is 4. The van der Waals surface area contributed by atoms with Crippen molar-refractivity contribution < 1.29 is 9.90 Å². The standard InChI is InChI=1S/C16H8Cl4N2O2S/c17-8-2-1-3-11(13(8)20)21-16-22-15(24)12(25-16)6-7-4-9(18)14(23)10(19)5-7/h1-6,23H,(H,21,22,24)/b12-6+. The molecule has 0 radical (unpaired) electrons. The molecule has 0 aromatic heterocycles. The van der Waals surface area contributed by atoms with E-state index < -0.39 is 0 Å². The van der Waals surface area contributed by atoms with Crippen LogP contribution >= 0.6 is 58.2 Å². The van der Waals surface area contributed by atoms with E-state index in [0.717, 1.165) is 11.8 Å². The van der Waals surface area contributed by atoms with E-state index in [-0.39, 0.29) is 21.7 Å². The quantitative estimate of drug-likeness (QED) is 0.579. The van der Waals surface area contributed by atoms with Crippen LogP contribution in [0.2, 0.25) is 20.1 Å². The molecule has 0 bridgehead atoms. The number of amidine groups is 1. The maximum atomic E-state index is 12.1. The van der Waals surface area contributed by atoms with Gasteiger partial charge in [-0.25, -0.2) is 4.99 Å². The highest BCUT2D eigenvalue weighted by Crippen LogP contribution is 2.36. The van der Waals surface area contributed by atoms with Crippen molar-refractivity contribution in [1.82, 2.24) is 5.32 Å². The van der Waals surface area contributed by atoms with Crippen LogP contribution in [0.1, 0.15) is 5.56 Å². The SMILES string of the molecule is O=C1NC(=Nc2cccc(Cl)c2Cl)S/C1=C/c1cc(Cl)c(O)c(Cl)c1. The maximum Gasteiger partial charge on any atom is 0.264 e. The number of nitrogens with zero attached hydrogens (tertiary/aromatic N) is 1. The minimum Gasteiger partial charge on any atom is -0.505 e. The number of aromatic hydroxyl groups is 1. The zero-order valence-electron chi connectivity index (χ0n) is 12.2. The van der Waals surface area contributed by atoms with Crippen molar-refractivity contribution in [1.29, 1.82) is 0 Å². The van der Waals surface area contributed by atoms with Gasteiger partial charge in [-0.3, -0.25) is 4.79 Å². The van der Waals surface area contributed by atoms with Crippen LogP contribution in [0.15, 0.2) is 40.2 Å². The first-order chi connectivity index (χ1) is 11.8. The van der Waals surface area contributed by atoms with Gasteiger partial charge in [-0.05, 0) is 47.7 Å². The summed E-state index contributed by atoms with van der Waals surface area (Å²) in [5.74, 6) is -0.519. The van der Waals surface area contributed by atoms with E-state index in [2.05, 4.69) is 10.3 Å². The Bertz CT molecular complexity index is 921. The topological polar surface area (TPSA) is 61.7 Å². The Balaban J connectivity index is 1.90. The van der Waals surface area contributed by atoms with Gasteiger partial charge < -0.3 is 10.4 Å². The first kappa shape index (κ1) is 18.4. The second-order valence-corrected chi connectivity index (χ2v) is 7.52. The number of benzene rings is 2. The molecule has 3 rings (SSSR count). The predicted molar refractivity (Wildman–Crippen MR) is 105 cm³/mol. The lowest BCUT2D eigenvalue weighted by Gasteiger charge is -2.02. The summed E-state index contributed by atoms with van der Waals surface area (Å²) in [6, 6.07) is 8.07. The van der Waals surface area contributed by atoms with Gasteiger partial charge in [-0.1, -0.05) is 52.5 Å². The molecule has 0 spiro atoms. The summed E-state index contributed by atoms with van der Waals surface area (Å²) in [7, 11) is 0. The fraction of sp³-hybridized carbons (Fsp3) is 0. The summed E-state index contributed by atoms with van der Waals surface area (Å²) in [5, 5.41) is 13.5. The van der Waals surface area contributed by atoms with E-state index in [9.17, 15) is 9.90 Å². The first-order valence-corrected chi connectivity index (χ1v) is 9.09. The van der Waals surface area contributed by atoms with Crippen molar-refractivity contribution in [2.75, 3.05) is 0 Å². The van der Waals surface area contributed by atoms with Crippen LogP contribution in [-0.4, -0.2) is 16.2 Å². The molecule has 1 saturated heterocycles. The highest BCUT2D eigenvalue weighted by Gasteiger charge is 2.24. The first-order valence-electron chi connectivity index (χ1n) is 6.77. The molecule has 1 heterocycles. The fourth-order valence-corrected chi connectivity index (χ4v) is 3.67. The van der Waals surface area contributed by atoms with E-state index in [1.54, 1.807) is 24.3 Å². The maximum absolute atomic E-state index is 12.1.